The van der Waals surface area contributed by atoms with Gasteiger partial charge in [0.1, 0.15) is 17.7 Å². The number of benzene rings is 3. The lowest BCUT2D eigenvalue weighted by molar-refractivity contribution is -0.138. The summed E-state index contributed by atoms with van der Waals surface area (Å²) in [6, 6.07) is 15.5. The highest BCUT2D eigenvalue weighted by Crippen LogP contribution is 2.31. The number of carbonyl (C=O) groups excluding carboxylic acids is 1. The molecule has 0 saturated carbocycles. The molecule has 0 unspecified atom stereocenters. The second-order valence-corrected chi connectivity index (χ2v) is 7.81. The van der Waals surface area contributed by atoms with Crippen molar-refractivity contribution < 1.29 is 36.2 Å². The summed E-state index contributed by atoms with van der Waals surface area (Å²) in [5.74, 6) is -1.22. The summed E-state index contributed by atoms with van der Waals surface area (Å²) in [6.07, 6.45) is -9.08. The molecule has 12 heteroatoms. The average Bonchev–Trinajstić information content (AvgIpc) is 2.84. The predicted octanol–water partition coefficient (Wildman–Crippen LogP) is 7.21. The van der Waals surface area contributed by atoms with Gasteiger partial charge in [-0.15, -0.1) is 0 Å². The molecule has 0 fully saturated rings. The Morgan fingerprint density at radius 1 is 0.789 bits per heavy atom. The Labute approximate surface area is 212 Å². The monoisotopic (exact) mass is 532 g/mol. The van der Waals surface area contributed by atoms with E-state index in [1.54, 1.807) is 6.07 Å². The van der Waals surface area contributed by atoms with Crippen LogP contribution in [0, 0.1) is 11.3 Å². The van der Waals surface area contributed by atoms with Crippen LogP contribution in [-0.2, 0) is 17.1 Å². The van der Waals surface area contributed by atoms with Gasteiger partial charge in [0.05, 0.1) is 16.8 Å². The van der Waals surface area contributed by atoms with Gasteiger partial charge in [-0.05, 0) is 79.7 Å². The van der Waals surface area contributed by atoms with E-state index in [1.807, 2.05) is 0 Å². The Morgan fingerprint density at radius 3 is 1.68 bits per heavy atom. The quantitative estimate of drug-likeness (QED) is 0.0808. The number of nitrogens with zero attached hydrogens (tertiary/aromatic N) is 2. The van der Waals surface area contributed by atoms with Crippen LogP contribution in [0.3, 0.4) is 0 Å². The van der Waals surface area contributed by atoms with E-state index in [0.717, 1.165) is 36.4 Å². The molecule has 1 amide bonds. The van der Waals surface area contributed by atoms with Gasteiger partial charge in [0, 0.05) is 16.9 Å². The van der Waals surface area contributed by atoms with Crippen LogP contribution in [0.1, 0.15) is 23.6 Å². The molecule has 3 rings (SSSR count). The minimum absolute atomic E-state index is 0.0891. The lowest BCUT2D eigenvalue weighted by Gasteiger charge is -2.13. The maximum Gasteiger partial charge on any atom is 0.416 e. The van der Waals surface area contributed by atoms with Crippen LogP contribution >= 0.6 is 0 Å². The number of carbonyl (C=O) groups is 1. The molecule has 6 nitrogen and oxygen atoms in total. The standard InChI is InChI=1S/C26H18F6N4O2/c1-15(37)22(14-33)24(38)36-21-8-2-16(3-9-21)23(34-19-10-4-17(5-11-19)25(27,28)29)35-20-12-6-18(7-13-20)26(30,31)32/h2-13,37H,1H3,(H,34,35)(H,36,38)/b22-15+. The van der Waals surface area contributed by atoms with Crippen molar-refractivity contribution in [3.63, 3.8) is 0 Å². The molecule has 0 aliphatic heterocycles. The fourth-order valence-electron chi connectivity index (χ4n) is 3.10. The van der Waals surface area contributed by atoms with E-state index in [9.17, 15) is 36.2 Å². The third-order valence-corrected chi connectivity index (χ3v) is 5.03. The molecule has 3 aromatic rings. The van der Waals surface area contributed by atoms with Crippen molar-refractivity contribution in [3.8, 4) is 6.07 Å². The Hall–Kier alpha value is -4.79. The molecule has 0 aliphatic carbocycles. The molecule has 38 heavy (non-hydrogen) atoms. The molecule has 0 aromatic heterocycles. The molecular weight excluding hydrogens is 514 g/mol. The molecule has 0 saturated heterocycles. The minimum Gasteiger partial charge on any atom is -0.511 e. The Kier molecular flexibility index (Phi) is 8.10. The summed E-state index contributed by atoms with van der Waals surface area (Å²) < 4.78 is 77.4. The Bertz CT molecular complexity index is 1400. The van der Waals surface area contributed by atoms with Gasteiger partial charge >= 0.3 is 12.4 Å². The van der Waals surface area contributed by atoms with E-state index in [-0.39, 0.29) is 22.9 Å². The number of anilines is 2. The number of amidine groups is 1. The topological polar surface area (TPSA) is 97.5 Å². The summed E-state index contributed by atoms with van der Waals surface area (Å²) in [6.45, 7) is 1.18. The van der Waals surface area contributed by atoms with Gasteiger partial charge in [-0.3, -0.25) is 4.79 Å². The lowest BCUT2D eigenvalue weighted by Crippen LogP contribution is -2.16. The van der Waals surface area contributed by atoms with Gasteiger partial charge in [0.2, 0.25) is 0 Å². The fourth-order valence-corrected chi connectivity index (χ4v) is 3.10. The van der Waals surface area contributed by atoms with E-state index in [1.165, 1.54) is 43.3 Å². The zero-order valence-electron chi connectivity index (χ0n) is 19.4. The number of nitrogens with one attached hydrogen (secondary N) is 2. The maximum atomic E-state index is 12.9. The summed E-state index contributed by atoms with van der Waals surface area (Å²) in [7, 11) is 0. The molecule has 3 N–H and O–H groups in total. The van der Waals surface area contributed by atoms with E-state index in [0.29, 0.717) is 5.56 Å². The van der Waals surface area contributed by atoms with Crippen LogP contribution in [0.2, 0.25) is 0 Å². The average molecular weight is 532 g/mol. The lowest BCUT2D eigenvalue weighted by atomic mass is 10.1. The highest BCUT2D eigenvalue weighted by atomic mass is 19.4. The SMILES string of the molecule is C/C(O)=C(/C#N)C(=O)Nc1ccc(C(=Nc2ccc(C(F)(F)F)cc2)Nc2ccc(C(F)(F)F)cc2)cc1. The molecule has 3 aromatic carbocycles. The maximum absolute atomic E-state index is 12.9. The molecule has 0 aliphatic rings. The van der Waals surface area contributed by atoms with Gasteiger partial charge in [0.25, 0.3) is 5.91 Å². The van der Waals surface area contributed by atoms with Crippen molar-refractivity contribution >= 4 is 28.8 Å². The number of hydrogen-bond acceptors (Lipinski definition) is 4. The first-order valence-electron chi connectivity index (χ1n) is 10.7. The number of halogens is 6. The van der Waals surface area contributed by atoms with Crippen LogP contribution in [-0.4, -0.2) is 16.8 Å². The zero-order valence-corrected chi connectivity index (χ0v) is 19.4. The van der Waals surface area contributed by atoms with Crippen LogP contribution in [0.4, 0.5) is 43.4 Å². The summed E-state index contributed by atoms with van der Waals surface area (Å²) in [5.41, 5.74) is -1.25. The number of allylic oxidation sites excluding steroid dienone is 1. The fraction of sp³-hybridized carbons (Fsp3) is 0.115. The van der Waals surface area contributed by atoms with Gasteiger partial charge in [-0.25, -0.2) is 4.99 Å². The molecule has 0 spiro atoms. The minimum atomic E-state index is -4.54. The molecule has 0 atom stereocenters. The number of amides is 1. The highest BCUT2D eigenvalue weighted by Gasteiger charge is 2.30. The smallest absolute Gasteiger partial charge is 0.416 e. The number of rotatable bonds is 5. The van der Waals surface area contributed by atoms with Gasteiger partial charge in [0.15, 0.2) is 5.57 Å². The Balaban J connectivity index is 1.94. The third kappa shape index (κ3) is 7.13. The molecule has 0 bridgehead atoms. The second-order valence-electron chi connectivity index (χ2n) is 7.81. The summed E-state index contributed by atoms with van der Waals surface area (Å²) >= 11 is 0. The van der Waals surface area contributed by atoms with Gasteiger partial charge in [-0.1, -0.05) is 0 Å². The zero-order chi connectivity index (χ0) is 28.1. The molecule has 0 radical (unpaired) electrons. The van der Waals surface area contributed by atoms with Crippen molar-refractivity contribution in [1.82, 2.24) is 0 Å². The third-order valence-electron chi connectivity index (χ3n) is 5.03. The van der Waals surface area contributed by atoms with E-state index in [2.05, 4.69) is 15.6 Å². The normalized spacial score (nSPS) is 12.8. The van der Waals surface area contributed by atoms with Crippen LogP contribution in [0.5, 0.6) is 0 Å². The first-order chi connectivity index (χ1) is 17.8. The van der Waals surface area contributed by atoms with Crippen molar-refractivity contribution in [1.29, 1.82) is 5.26 Å². The number of aliphatic hydroxyl groups excluding tert-OH is 1. The highest BCUT2D eigenvalue weighted by molar-refractivity contribution is 6.10. The number of aliphatic imine (C=N–C) groups is 1. The first-order valence-corrected chi connectivity index (χ1v) is 10.7. The van der Waals surface area contributed by atoms with Gasteiger partial charge < -0.3 is 15.7 Å². The summed E-state index contributed by atoms with van der Waals surface area (Å²) in [5, 5.41) is 23.7. The van der Waals surface area contributed by atoms with Crippen LogP contribution in [0.25, 0.3) is 0 Å². The number of alkyl halides is 6. The predicted molar refractivity (Wildman–Crippen MR) is 129 cm³/mol. The van der Waals surface area contributed by atoms with Crippen molar-refractivity contribution in [2.75, 3.05) is 10.6 Å². The molecule has 196 valence electrons. The van der Waals surface area contributed by atoms with Crippen molar-refractivity contribution in [2.45, 2.75) is 19.3 Å². The van der Waals surface area contributed by atoms with Crippen LogP contribution < -0.4 is 10.6 Å². The van der Waals surface area contributed by atoms with Crippen molar-refractivity contribution in [3.05, 3.63) is 101 Å². The second kappa shape index (κ2) is 11.1. The number of aliphatic hydroxyl groups is 1. The van der Waals surface area contributed by atoms with E-state index < -0.39 is 40.7 Å². The van der Waals surface area contributed by atoms with E-state index >= 15 is 0 Å². The summed E-state index contributed by atoms with van der Waals surface area (Å²) in [4.78, 5) is 16.5. The van der Waals surface area contributed by atoms with Crippen LogP contribution in [0.15, 0.2) is 89.1 Å². The van der Waals surface area contributed by atoms with E-state index in [4.69, 9.17) is 5.26 Å². The molecule has 0 heterocycles. The number of nitriles is 1. The van der Waals surface area contributed by atoms with Gasteiger partial charge in [-0.2, -0.15) is 31.6 Å². The van der Waals surface area contributed by atoms with Crippen molar-refractivity contribution in [2.24, 2.45) is 4.99 Å². The largest absolute Gasteiger partial charge is 0.511 e. The molecular formula is C26H18F6N4O2. The Morgan fingerprint density at radius 2 is 1.24 bits per heavy atom. The number of hydrogen-bond donors (Lipinski definition) is 3. The first kappa shape index (κ1) is 27.8.